The summed E-state index contributed by atoms with van der Waals surface area (Å²) in [5.74, 6) is -1.32. The summed E-state index contributed by atoms with van der Waals surface area (Å²) < 4.78 is 15.0. The highest BCUT2D eigenvalue weighted by molar-refractivity contribution is 5.92. The highest BCUT2D eigenvalue weighted by Gasteiger charge is 2.15. The second-order valence-corrected chi connectivity index (χ2v) is 4.77. The molecule has 2 aromatic carbocycles. The molecule has 106 valence electrons. The Morgan fingerprint density at radius 2 is 2.10 bits per heavy atom. The SMILES string of the molecule is CC(c1cccc(F)c1)n1nnc2cc(C(=O)O)ccc21. The molecule has 5 nitrogen and oxygen atoms in total. The van der Waals surface area contributed by atoms with E-state index in [1.807, 2.05) is 13.0 Å². The van der Waals surface area contributed by atoms with Crippen LogP contribution in [0.2, 0.25) is 0 Å². The molecule has 0 amide bonds. The number of hydrogen-bond donors (Lipinski definition) is 1. The van der Waals surface area contributed by atoms with Gasteiger partial charge in [-0.05, 0) is 42.8 Å². The predicted molar refractivity (Wildman–Crippen MR) is 74.7 cm³/mol. The number of hydrogen-bond acceptors (Lipinski definition) is 3. The number of carboxylic acids is 1. The fraction of sp³-hybridized carbons (Fsp3) is 0.133. The molecule has 0 saturated heterocycles. The summed E-state index contributed by atoms with van der Waals surface area (Å²) in [6, 6.07) is 10.7. The molecule has 0 fully saturated rings. The van der Waals surface area contributed by atoms with Gasteiger partial charge in [-0.25, -0.2) is 13.9 Å². The van der Waals surface area contributed by atoms with E-state index < -0.39 is 5.97 Å². The molecular weight excluding hydrogens is 273 g/mol. The highest BCUT2D eigenvalue weighted by Crippen LogP contribution is 2.23. The molecule has 6 heteroatoms. The van der Waals surface area contributed by atoms with E-state index in [0.717, 1.165) is 5.56 Å². The van der Waals surface area contributed by atoms with Crippen molar-refractivity contribution in [2.75, 3.05) is 0 Å². The zero-order chi connectivity index (χ0) is 15.0. The van der Waals surface area contributed by atoms with Crippen LogP contribution >= 0.6 is 0 Å². The minimum absolute atomic E-state index is 0.160. The summed E-state index contributed by atoms with van der Waals surface area (Å²) in [7, 11) is 0. The lowest BCUT2D eigenvalue weighted by Gasteiger charge is -2.13. The lowest BCUT2D eigenvalue weighted by Crippen LogP contribution is -2.09. The zero-order valence-electron chi connectivity index (χ0n) is 11.2. The predicted octanol–water partition coefficient (Wildman–Crippen LogP) is 2.88. The van der Waals surface area contributed by atoms with Gasteiger partial charge in [-0.15, -0.1) is 5.10 Å². The Morgan fingerprint density at radius 1 is 1.29 bits per heavy atom. The van der Waals surface area contributed by atoms with E-state index in [1.165, 1.54) is 24.3 Å². The maximum atomic E-state index is 13.3. The Balaban J connectivity index is 2.06. The first kappa shape index (κ1) is 13.2. The molecule has 3 rings (SSSR count). The summed E-state index contributed by atoms with van der Waals surface area (Å²) in [5.41, 5.74) is 2.13. The van der Waals surface area contributed by atoms with Crippen LogP contribution in [0.3, 0.4) is 0 Å². The Labute approximate surface area is 119 Å². The Bertz CT molecular complexity index is 829. The molecule has 0 radical (unpaired) electrons. The van der Waals surface area contributed by atoms with Crippen molar-refractivity contribution in [1.29, 1.82) is 0 Å². The minimum Gasteiger partial charge on any atom is -0.478 e. The van der Waals surface area contributed by atoms with Gasteiger partial charge in [0.25, 0.3) is 0 Å². The van der Waals surface area contributed by atoms with Crippen LogP contribution in [-0.2, 0) is 0 Å². The van der Waals surface area contributed by atoms with Gasteiger partial charge in [0.15, 0.2) is 0 Å². The number of carbonyl (C=O) groups is 1. The van der Waals surface area contributed by atoms with Crippen molar-refractivity contribution >= 4 is 17.0 Å². The fourth-order valence-electron chi connectivity index (χ4n) is 2.27. The van der Waals surface area contributed by atoms with Gasteiger partial charge in [-0.3, -0.25) is 0 Å². The van der Waals surface area contributed by atoms with Crippen molar-refractivity contribution in [3.8, 4) is 0 Å². The topological polar surface area (TPSA) is 68.0 Å². The molecule has 0 aliphatic heterocycles. The largest absolute Gasteiger partial charge is 0.478 e. The molecule has 1 atom stereocenters. The molecule has 1 heterocycles. The second-order valence-electron chi connectivity index (χ2n) is 4.77. The Morgan fingerprint density at radius 3 is 2.81 bits per heavy atom. The number of fused-ring (bicyclic) bond motifs is 1. The van der Waals surface area contributed by atoms with Crippen molar-refractivity contribution < 1.29 is 14.3 Å². The van der Waals surface area contributed by atoms with Crippen LogP contribution in [0.1, 0.15) is 28.9 Å². The first-order valence-electron chi connectivity index (χ1n) is 6.40. The number of aromatic nitrogens is 3. The maximum absolute atomic E-state index is 13.3. The first-order chi connectivity index (χ1) is 10.1. The molecule has 21 heavy (non-hydrogen) atoms. The highest BCUT2D eigenvalue weighted by atomic mass is 19.1. The third-order valence-corrected chi connectivity index (χ3v) is 3.42. The second kappa shape index (κ2) is 4.97. The third kappa shape index (κ3) is 2.35. The van der Waals surface area contributed by atoms with Crippen molar-refractivity contribution in [3.05, 3.63) is 59.4 Å². The van der Waals surface area contributed by atoms with Crippen LogP contribution in [0.5, 0.6) is 0 Å². The van der Waals surface area contributed by atoms with Crippen LogP contribution < -0.4 is 0 Å². The molecule has 0 aliphatic rings. The van der Waals surface area contributed by atoms with E-state index in [4.69, 9.17) is 5.11 Å². The number of rotatable bonds is 3. The molecule has 0 aliphatic carbocycles. The molecular formula is C15H12FN3O2. The third-order valence-electron chi connectivity index (χ3n) is 3.42. The number of nitrogens with zero attached hydrogens (tertiary/aromatic N) is 3. The van der Waals surface area contributed by atoms with E-state index in [-0.39, 0.29) is 17.4 Å². The number of benzene rings is 2. The average molecular weight is 285 g/mol. The van der Waals surface area contributed by atoms with Crippen LogP contribution in [0.4, 0.5) is 4.39 Å². The van der Waals surface area contributed by atoms with Crippen molar-refractivity contribution in [2.24, 2.45) is 0 Å². The summed E-state index contributed by atoms with van der Waals surface area (Å²) in [6.45, 7) is 1.88. The van der Waals surface area contributed by atoms with Gasteiger partial charge >= 0.3 is 5.97 Å². The number of aromatic carboxylic acids is 1. The molecule has 0 spiro atoms. The number of halogens is 1. The summed E-state index contributed by atoms with van der Waals surface area (Å²) >= 11 is 0. The molecule has 0 saturated carbocycles. The van der Waals surface area contributed by atoms with Gasteiger partial charge in [0.2, 0.25) is 0 Å². The lowest BCUT2D eigenvalue weighted by molar-refractivity contribution is 0.0697. The standard InChI is InChI=1S/C15H12FN3O2/c1-9(10-3-2-4-12(16)7-10)19-14-6-5-11(15(20)21)8-13(14)17-18-19/h2-9H,1H3,(H,20,21). The van der Waals surface area contributed by atoms with E-state index >= 15 is 0 Å². The van der Waals surface area contributed by atoms with E-state index in [1.54, 1.807) is 16.8 Å². The smallest absolute Gasteiger partial charge is 0.335 e. The van der Waals surface area contributed by atoms with Crippen LogP contribution in [0.15, 0.2) is 42.5 Å². The van der Waals surface area contributed by atoms with Crippen molar-refractivity contribution in [3.63, 3.8) is 0 Å². The van der Waals surface area contributed by atoms with Gasteiger partial charge in [0.1, 0.15) is 11.3 Å². The lowest BCUT2D eigenvalue weighted by atomic mass is 10.1. The van der Waals surface area contributed by atoms with Crippen molar-refractivity contribution in [1.82, 2.24) is 15.0 Å². The summed E-state index contributed by atoms with van der Waals surface area (Å²) in [4.78, 5) is 10.9. The minimum atomic E-state index is -1.01. The van der Waals surface area contributed by atoms with Crippen molar-refractivity contribution in [2.45, 2.75) is 13.0 Å². The molecule has 0 bridgehead atoms. The molecule has 1 N–H and O–H groups in total. The Kier molecular flexibility index (Phi) is 3.13. The zero-order valence-corrected chi connectivity index (χ0v) is 11.2. The fourth-order valence-corrected chi connectivity index (χ4v) is 2.27. The van der Waals surface area contributed by atoms with Gasteiger partial charge in [0, 0.05) is 0 Å². The molecule has 1 aromatic heterocycles. The molecule has 3 aromatic rings. The van der Waals surface area contributed by atoms with Gasteiger partial charge < -0.3 is 5.11 Å². The van der Waals surface area contributed by atoms with Gasteiger partial charge in [-0.2, -0.15) is 0 Å². The van der Waals surface area contributed by atoms with Gasteiger partial charge in [-0.1, -0.05) is 17.3 Å². The normalized spacial score (nSPS) is 12.5. The van der Waals surface area contributed by atoms with E-state index in [0.29, 0.717) is 11.0 Å². The first-order valence-corrected chi connectivity index (χ1v) is 6.40. The quantitative estimate of drug-likeness (QED) is 0.803. The Hall–Kier alpha value is -2.76. The van der Waals surface area contributed by atoms with Gasteiger partial charge in [0.05, 0.1) is 17.1 Å². The maximum Gasteiger partial charge on any atom is 0.335 e. The molecule has 1 unspecified atom stereocenters. The average Bonchev–Trinajstić information content (AvgIpc) is 2.89. The van der Waals surface area contributed by atoms with E-state index in [2.05, 4.69) is 10.3 Å². The number of carboxylic acid groups (broad SMARTS) is 1. The van der Waals surface area contributed by atoms with E-state index in [9.17, 15) is 9.18 Å². The van der Waals surface area contributed by atoms with Crippen LogP contribution in [-0.4, -0.2) is 26.1 Å². The monoisotopic (exact) mass is 285 g/mol. The van der Waals surface area contributed by atoms with Crippen LogP contribution in [0, 0.1) is 5.82 Å². The summed E-state index contributed by atoms with van der Waals surface area (Å²) in [6.07, 6.45) is 0. The van der Waals surface area contributed by atoms with Crippen LogP contribution in [0.25, 0.3) is 11.0 Å². The summed E-state index contributed by atoms with van der Waals surface area (Å²) in [5, 5.41) is 17.0.